The molecule has 4 rings (SSSR count). The lowest BCUT2D eigenvalue weighted by Crippen LogP contribution is -2.38. The highest BCUT2D eigenvalue weighted by Crippen LogP contribution is 2.69. The van der Waals surface area contributed by atoms with Gasteiger partial charge in [0.05, 0.1) is 0 Å². The summed E-state index contributed by atoms with van der Waals surface area (Å²) in [5.41, 5.74) is 5.48. The fourth-order valence-electron chi connectivity index (χ4n) is 6.43. The molecule has 4 aliphatic rings. The zero-order chi connectivity index (χ0) is 12.4. The van der Waals surface area contributed by atoms with Gasteiger partial charge >= 0.3 is 0 Å². The zero-order valence-corrected chi connectivity index (χ0v) is 11.1. The van der Waals surface area contributed by atoms with E-state index in [4.69, 9.17) is 5.73 Å². The Labute approximate surface area is 109 Å². The van der Waals surface area contributed by atoms with Crippen LogP contribution in [0.5, 0.6) is 0 Å². The van der Waals surface area contributed by atoms with Crippen molar-refractivity contribution in [3.63, 3.8) is 0 Å². The number of allylic oxidation sites excluding steroid dienone is 2. The van der Waals surface area contributed by atoms with Crippen LogP contribution in [0.15, 0.2) is 12.2 Å². The molecular weight excluding hydrogens is 222 g/mol. The Balaban J connectivity index is 1.66. The lowest BCUT2D eigenvalue weighted by atomic mass is 9.63. The summed E-state index contributed by atoms with van der Waals surface area (Å²) >= 11 is 0. The number of carbonyl (C=O) groups excluding carboxylic acids is 1. The average Bonchev–Trinajstić information content (AvgIpc) is 3.05. The fourth-order valence-corrected chi connectivity index (χ4v) is 6.43. The number of primary amides is 1. The minimum atomic E-state index is -0.0822. The topological polar surface area (TPSA) is 43.1 Å². The second-order valence-electron chi connectivity index (χ2n) is 7.07. The van der Waals surface area contributed by atoms with Gasteiger partial charge in [-0.3, -0.25) is 4.79 Å². The Morgan fingerprint density at radius 3 is 2.28 bits per heavy atom. The Morgan fingerprint density at radius 1 is 1.11 bits per heavy atom. The predicted octanol–water partition coefficient (Wildman–Crippen LogP) is 2.59. The molecule has 4 aliphatic carbocycles. The van der Waals surface area contributed by atoms with Crippen molar-refractivity contribution in [2.24, 2.45) is 53.1 Å². The molecule has 0 spiro atoms. The van der Waals surface area contributed by atoms with Gasteiger partial charge in [0.25, 0.3) is 0 Å². The Morgan fingerprint density at radius 2 is 1.72 bits per heavy atom. The number of hydrogen-bond acceptors (Lipinski definition) is 1. The van der Waals surface area contributed by atoms with Crippen LogP contribution >= 0.6 is 0 Å². The average molecular weight is 245 g/mol. The monoisotopic (exact) mass is 245 g/mol. The molecule has 0 aromatic rings. The molecule has 4 bridgehead atoms. The molecule has 2 nitrogen and oxygen atoms in total. The summed E-state index contributed by atoms with van der Waals surface area (Å²) in [5.74, 6) is 6.56. The van der Waals surface area contributed by atoms with E-state index in [2.05, 4.69) is 19.1 Å². The summed E-state index contributed by atoms with van der Waals surface area (Å²) in [6.07, 6.45) is 9.63. The van der Waals surface area contributed by atoms with Crippen LogP contribution in [0.25, 0.3) is 0 Å². The molecule has 8 atom stereocenters. The van der Waals surface area contributed by atoms with Crippen molar-refractivity contribution < 1.29 is 4.79 Å². The predicted molar refractivity (Wildman–Crippen MR) is 70.4 cm³/mol. The molecule has 0 aliphatic heterocycles. The maximum Gasteiger partial charge on any atom is 0.217 e. The second-order valence-corrected chi connectivity index (χ2v) is 7.07. The molecule has 0 radical (unpaired) electrons. The van der Waals surface area contributed by atoms with Gasteiger partial charge < -0.3 is 5.73 Å². The number of hydrogen-bond donors (Lipinski definition) is 1. The van der Waals surface area contributed by atoms with Gasteiger partial charge in [0.2, 0.25) is 5.91 Å². The van der Waals surface area contributed by atoms with Crippen LogP contribution in [0.2, 0.25) is 0 Å². The van der Waals surface area contributed by atoms with Gasteiger partial charge in [-0.05, 0) is 60.2 Å². The highest BCUT2D eigenvalue weighted by atomic mass is 16.1. The van der Waals surface area contributed by atoms with E-state index in [-0.39, 0.29) is 5.91 Å². The number of rotatable bonds is 3. The van der Waals surface area contributed by atoms with E-state index in [1.54, 1.807) is 0 Å². The van der Waals surface area contributed by atoms with Crippen molar-refractivity contribution in [1.82, 2.24) is 0 Å². The Kier molecular flexibility index (Phi) is 2.22. The molecular formula is C16H23NO. The first kappa shape index (κ1) is 11.1. The molecule has 0 heterocycles. The van der Waals surface area contributed by atoms with Gasteiger partial charge in [-0.25, -0.2) is 0 Å². The molecule has 3 saturated carbocycles. The first-order chi connectivity index (χ1) is 8.70. The van der Waals surface area contributed by atoms with E-state index in [0.717, 1.165) is 41.4 Å². The van der Waals surface area contributed by atoms with Gasteiger partial charge in [0, 0.05) is 6.42 Å². The molecule has 98 valence electrons. The van der Waals surface area contributed by atoms with Crippen molar-refractivity contribution in [2.45, 2.75) is 32.6 Å². The van der Waals surface area contributed by atoms with Crippen molar-refractivity contribution in [3.8, 4) is 0 Å². The number of carbonyl (C=O) groups is 1. The molecule has 18 heavy (non-hydrogen) atoms. The van der Waals surface area contributed by atoms with E-state index in [1.807, 2.05) is 0 Å². The summed E-state index contributed by atoms with van der Waals surface area (Å²) in [5, 5.41) is 0. The normalized spacial score (nSPS) is 55.2. The summed E-state index contributed by atoms with van der Waals surface area (Å²) in [6, 6.07) is 0. The molecule has 1 amide bonds. The van der Waals surface area contributed by atoms with Crippen LogP contribution in [-0.2, 0) is 4.79 Å². The minimum Gasteiger partial charge on any atom is -0.370 e. The first-order valence-electron chi connectivity index (χ1n) is 7.67. The molecule has 2 heteroatoms. The van der Waals surface area contributed by atoms with Gasteiger partial charge in [-0.2, -0.15) is 0 Å². The van der Waals surface area contributed by atoms with Crippen LogP contribution in [-0.4, -0.2) is 5.91 Å². The van der Waals surface area contributed by atoms with Gasteiger partial charge in [-0.15, -0.1) is 0 Å². The number of amides is 1. The van der Waals surface area contributed by atoms with Gasteiger partial charge in [-0.1, -0.05) is 25.5 Å². The lowest BCUT2D eigenvalue weighted by molar-refractivity contribution is -0.120. The summed E-state index contributed by atoms with van der Waals surface area (Å²) < 4.78 is 0. The summed E-state index contributed by atoms with van der Waals surface area (Å²) in [7, 11) is 0. The quantitative estimate of drug-likeness (QED) is 0.603. The van der Waals surface area contributed by atoms with Crippen molar-refractivity contribution in [1.29, 1.82) is 0 Å². The standard InChI is InChI=1S/C16H23NO/c1-2-10-11(7-14(17)18)13-6-12(10)15-8-3-4-9(5-8)16(13)15/h3-4,8-13,15-16H,2,5-7H2,1H3,(H2,17,18). The molecule has 0 aromatic carbocycles. The Bertz CT molecular complexity index is 415. The van der Waals surface area contributed by atoms with Crippen molar-refractivity contribution >= 4 is 5.91 Å². The van der Waals surface area contributed by atoms with E-state index in [9.17, 15) is 4.79 Å². The second kappa shape index (κ2) is 3.61. The Hall–Kier alpha value is -0.790. The van der Waals surface area contributed by atoms with E-state index < -0.39 is 0 Å². The van der Waals surface area contributed by atoms with E-state index in [0.29, 0.717) is 12.3 Å². The van der Waals surface area contributed by atoms with Crippen molar-refractivity contribution in [2.75, 3.05) is 0 Å². The van der Waals surface area contributed by atoms with Crippen LogP contribution in [0.4, 0.5) is 0 Å². The summed E-state index contributed by atoms with van der Waals surface area (Å²) in [4.78, 5) is 11.4. The van der Waals surface area contributed by atoms with Crippen LogP contribution in [0.1, 0.15) is 32.6 Å². The maximum atomic E-state index is 11.4. The molecule has 8 unspecified atom stereocenters. The number of nitrogens with two attached hydrogens (primary N) is 1. The number of fused-ring (bicyclic) bond motifs is 9. The van der Waals surface area contributed by atoms with Gasteiger partial charge in [0.15, 0.2) is 0 Å². The zero-order valence-electron chi connectivity index (χ0n) is 11.1. The van der Waals surface area contributed by atoms with Crippen molar-refractivity contribution in [3.05, 3.63) is 12.2 Å². The molecule has 0 aromatic heterocycles. The maximum absolute atomic E-state index is 11.4. The SMILES string of the molecule is CCC1C(CC(N)=O)C2CC1C1C3C=CC(C3)C21. The third-order valence-electron chi connectivity index (χ3n) is 6.67. The van der Waals surface area contributed by atoms with E-state index in [1.165, 1.54) is 19.3 Å². The first-order valence-corrected chi connectivity index (χ1v) is 7.67. The smallest absolute Gasteiger partial charge is 0.217 e. The highest BCUT2D eigenvalue weighted by molar-refractivity contribution is 5.74. The fraction of sp³-hybridized carbons (Fsp3) is 0.812. The van der Waals surface area contributed by atoms with Crippen LogP contribution < -0.4 is 5.73 Å². The lowest BCUT2D eigenvalue weighted by Gasteiger charge is -2.41. The van der Waals surface area contributed by atoms with E-state index >= 15 is 0 Å². The summed E-state index contributed by atoms with van der Waals surface area (Å²) in [6.45, 7) is 2.30. The van der Waals surface area contributed by atoms with Gasteiger partial charge in [0.1, 0.15) is 0 Å². The third kappa shape index (κ3) is 1.22. The molecule has 0 saturated heterocycles. The van der Waals surface area contributed by atoms with Crippen LogP contribution in [0.3, 0.4) is 0 Å². The van der Waals surface area contributed by atoms with Crippen LogP contribution in [0, 0.1) is 47.3 Å². The molecule has 3 fully saturated rings. The minimum absolute atomic E-state index is 0.0822. The third-order valence-corrected chi connectivity index (χ3v) is 6.67. The largest absolute Gasteiger partial charge is 0.370 e. The highest BCUT2D eigenvalue weighted by Gasteiger charge is 2.63. The molecule has 2 N–H and O–H groups in total.